The number of carbonyl (C=O) groups is 1. The fourth-order valence-electron chi connectivity index (χ4n) is 2.93. The van der Waals surface area contributed by atoms with E-state index in [-0.39, 0.29) is 12.1 Å². The van der Waals surface area contributed by atoms with Gasteiger partial charge in [0.1, 0.15) is 18.2 Å². The van der Waals surface area contributed by atoms with Crippen LogP contribution in [0.2, 0.25) is 0 Å². The monoisotopic (exact) mass is 340 g/mol. The van der Waals surface area contributed by atoms with Crippen molar-refractivity contribution >= 4 is 11.8 Å². The molecule has 0 saturated heterocycles. The summed E-state index contributed by atoms with van der Waals surface area (Å²) in [7, 11) is 3.89. The molecule has 0 fully saturated rings. The zero-order valence-corrected chi connectivity index (χ0v) is 14.9. The minimum atomic E-state index is -0.0960. The van der Waals surface area contributed by atoms with Crippen LogP contribution < -0.4 is 15.0 Å². The van der Waals surface area contributed by atoms with Crippen LogP contribution in [0.25, 0.3) is 0 Å². The first kappa shape index (κ1) is 17.1. The Morgan fingerprint density at radius 2 is 2.12 bits per heavy atom. The lowest BCUT2D eigenvalue weighted by molar-refractivity contribution is 0.156. The number of carbonyl (C=O) groups excluding carboxylic acids is 1. The summed E-state index contributed by atoms with van der Waals surface area (Å²) >= 11 is 0. The van der Waals surface area contributed by atoms with Gasteiger partial charge in [0.25, 0.3) is 0 Å². The highest BCUT2D eigenvalue weighted by molar-refractivity contribution is 5.75. The number of urea groups is 1. The summed E-state index contributed by atoms with van der Waals surface area (Å²) in [6.45, 7) is 3.46. The summed E-state index contributed by atoms with van der Waals surface area (Å²) in [5, 5.41) is 3.02. The number of pyridine rings is 1. The number of ether oxygens (including phenoxy) is 1. The van der Waals surface area contributed by atoms with Crippen molar-refractivity contribution in [3.8, 4) is 5.75 Å². The van der Waals surface area contributed by atoms with Crippen LogP contribution in [0, 0.1) is 0 Å². The highest BCUT2D eigenvalue weighted by Gasteiger charge is 2.25. The predicted molar refractivity (Wildman–Crippen MR) is 97.7 cm³/mol. The van der Waals surface area contributed by atoms with E-state index < -0.39 is 0 Å². The van der Waals surface area contributed by atoms with Crippen molar-refractivity contribution in [3.63, 3.8) is 0 Å². The number of fused-ring (bicyclic) bond motifs is 1. The second-order valence-corrected chi connectivity index (χ2v) is 6.43. The number of amides is 2. The van der Waals surface area contributed by atoms with Crippen LogP contribution in [0.3, 0.4) is 0 Å². The van der Waals surface area contributed by atoms with Crippen molar-refractivity contribution < 1.29 is 9.53 Å². The van der Waals surface area contributed by atoms with E-state index in [0.717, 1.165) is 22.7 Å². The van der Waals surface area contributed by atoms with Gasteiger partial charge in [0.05, 0.1) is 12.6 Å². The van der Waals surface area contributed by atoms with E-state index in [9.17, 15) is 4.79 Å². The number of aromatic nitrogens is 1. The van der Waals surface area contributed by atoms with E-state index in [0.29, 0.717) is 19.7 Å². The molecule has 1 aromatic carbocycles. The van der Waals surface area contributed by atoms with Crippen LogP contribution >= 0.6 is 0 Å². The fourth-order valence-corrected chi connectivity index (χ4v) is 2.93. The van der Waals surface area contributed by atoms with Gasteiger partial charge in [-0.3, -0.25) is 0 Å². The first-order chi connectivity index (χ1) is 12.1. The Morgan fingerprint density at radius 1 is 1.32 bits per heavy atom. The summed E-state index contributed by atoms with van der Waals surface area (Å²) in [6.07, 6.45) is 1.76. The highest BCUT2D eigenvalue weighted by atomic mass is 16.5. The molecule has 132 valence electrons. The molecule has 1 aromatic heterocycles. The lowest BCUT2D eigenvalue weighted by atomic mass is 10.2. The van der Waals surface area contributed by atoms with Gasteiger partial charge >= 0.3 is 6.03 Å². The smallest absolute Gasteiger partial charge is 0.318 e. The number of anilines is 1. The summed E-state index contributed by atoms with van der Waals surface area (Å²) < 4.78 is 5.82. The third kappa shape index (κ3) is 3.84. The number of hydrogen-bond acceptors (Lipinski definition) is 4. The maximum Gasteiger partial charge on any atom is 0.318 e. The molecule has 0 unspecified atom stereocenters. The third-order valence-corrected chi connectivity index (χ3v) is 4.31. The normalized spacial score (nSPS) is 16.4. The fraction of sp³-hybridized carbons (Fsp3) is 0.368. The highest BCUT2D eigenvalue weighted by Crippen LogP contribution is 2.24. The first-order valence-electron chi connectivity index (χ1n) is 8.42. The zero-order chi connectivity index (χ0) is 17.8. The average molecular weight is 340 g/mol. The lowest BCUT2D eigenvalue weighted by Crippen LogP contribution is -2.45. The number of nitrogens with one attached hydrogen (secondary N) is 1. The maximum absolute atomic E-state index is 12.8. The molecule has 2 amide bonds. The van der Waals surface area contributed by atoms with E-state index in [2.05, 4.69) is 10.3 Å². The number of benzene rings is 1. The van der Waals surface area contributed by atoms with Crippen molar-refractivity contribution in [1.82, 2.24) is 15.2 Å². The average Bonchev–Trinajstić information content (AvgIpc) is 2.79. The van der Waals surface area contributed by atoms with Gasteiger partial charge in [0.15, 0.2) is 0 Å². The molecular weight excluding hydrogens is 316 g/mol. The summed E-state index contributed by atoms with van der Waals surface area (Å²) in [4.78, 5) is 20.9. The van der Waals surface area contributed by atoms with Gasteiger partial charge in [0.2, 0.25) is 0 Å². The molecule has 2 heterocycles. The van der Waals surface area contributed by atoms with Gasteiger partial charge in [-0.2, -0.15) is 0 Å². The molecular formula is C19H24N4O2. The SMILES string of the molecule is C[C@H]1COc2ccccc2CN1C(=O)NCc1cccnc1N(C)C. The number of para-hydroxylation sites is 1. The molecule has 1 N–H and O–H groups in total. The minimum Gasteiger partial charge on any atom is -0.491 e. The van der Waals surface area contributed by atoms with Gasteiger partial charge in [-0.05, 0) is 19.1 Å². The Morgan fingerprint density at radius 3 is 2.92 bits per heavy atom. The van der Waals surface area contributed by atoms with Gasteiger partial charge in [0, 0.05) is 38.0 Å². The molecule has 2 aromatic rings. The lowest BCUT2D eigenvalue weighted by Gasteiger charge is -2.27. The minimum absolute atomic E-state index is 0.00498. The topological polar surface area (TPSA) is 57.7 Å². The number of hydrogen-bond donors (Lipinski definition) is 1. The summed E-state index contributed by atoms with van der Waals surface area (Å²) in [5.74, 6) is 1.71. The molecule has 0 saturated carbocycles. The van der Waals surface area contributed by atoms with Gasteiger partial charge < -0.3 is 19.9 Å². The van der Waals surface area contributed by atoms with Gasteiger partial charge in [-0.15, -0.1) is 0 Å². The molecule has 3 rings (SSSR count). The Balaban J connectivity index is 1.71. The molecule has 0 radical (unpaired) electrons. The van der Waals surface area contributed by atoms with Crippen LogP contribution in [0.5, 0.6) is 5.75 Å². The molecule has 1 atom stereocenters. The van der Waals surface area contributed by atoms with E-state index in [1.165, 1.54) is 0 Å². The molecule has 25 heavy (non-hydrogen) atoms. The maximum atomic E-state index is 12.8. The summed E-state index contributed by atoms with van der Waals surface area (Å²) in [6, 6.07) is 11.6. The predicted octanol–water partition coefficient (Wildman–Crippen LogP) is 2.64. The van der Waals surface area contributed by atoms with E-state index in [1.807, 2.05) is 67.2 Å². The van der Waals surface area contributed by atoms with Crippen molar-refractivity contribution in [3.05, 3.63) is 53.7 Å². The van der Waals surface area contributed by atoms with E-state index in [1.54, 1.807) is 6.20 Å². The Bertz CT molecular complexity index is 748. The van der Waals surface area contributed by atoms with Crippen molar-refractivity contribution in [2.75, 3.05) is 25.6 Å². The number of rotatable bonds is 3. The van der Waals surface area contributed by atoms with Crippen molar-refractivity contribution in [2.24, 2.45) is 0 Å². The third-order valence-electron chi connectivity index (χ3n) is 4.31. The summed E-state index contributed by atoms with van der Waals surface area (Å²) in [5.41, 5.74) is 2.01. The molecule has 6 nitrogen and oxygen atoms in total. The standard InChI is InChI=1S/C19H24N4O2/c1-14-13-25-17-9-5-4-7-16(17)12-23(14)19(24)21-11-15-8-6-10-20-18(15)22(2)3/h4-10,14H,11-13H2,1-3H3,(H,21,24)/t14-/m0/s1. The molecule has 0 bridgehead atoms. The van der Waals surface area contributed by atoms with Crippen LogP contribution in [0.1, 0.15) is 18.1 Å². The zero-order valence-electron chi connectivity index (χ0n) is 14.9. The molecule has 1 aliphatic heterocycles. The van der Waals surface area contributed by atoms with E-state index in [4.69, 9.17) is 4.74 Å². The molecule has 6 heteroatoms. The van der Waals surface area contributed by atoms with Crippen LogP contribution in [-0.2, 0) is 13.1 Å². The van der Waals surface area contributed by atoms with Crippen molar-refractivity contribution in [1.29, 1.82) is 0 Å². The molecule has 0 aliphatic carbocycles. The van der Waals surface area contributed by atoms with Gasteiger partial charge in [-0.1, -0.05) is 24.3 Å². The molecule has 1 aliphatic rings. The quantitative estimate of drug-likeness (QED) is 0.933. The first-order valence-corrected chi connectivity index (χ1v) is 8.42. The number of nitrogens with zero attached hydrogens (tertiary/aromatic N) is 3. The van der Waals surface area contributed by atoms with Crippen LogP contribution in [-0.4, -0.2) is 42.7 Å². The molecule has 0 spiro atoms. The Hall–Kier alpha value is -2.76. The van der Waals surface area contributed by atoms with E-state index >= 15 is 0 Å². The second kappa shape index (κ2) is 7.42. The largest absolute Gasteiger partial charge is 0.491 e. The Kier molecular flexibility index (Phi) is 5.07. The Labute approximate surface area is 148 Å². The van der Waals surface area contributed by atoms with Crippen LogP contribution in [0.15, 0.2) is 42.6 Å². The second-order valence-electron chi connectivity index (χ2n) is 6.43. The van der Waals surface area contributed by atoms with Crippen LogP contribution in [0.4, 0.5) is 10.6 Å². The van der Waals surface area contributed by atoms with Gasteiger partial charge in [-0.25, -0.2) is 9.78 Å². The van der Waals surface area contributed by atoms with Crippen molar-refractivity contribution in [2.45, 2.75) is 26.1 Å².